The van der Waals surface area contributed by atoms with Gasteiger partial charge in [-0.2, -0.15) is 10.1 Å². The van der Waals surface area contributed by atoms with Crippen LogP contribution in [0.3, 0.4) is 0 Å². The molecule has 0 unspecified atom stereocenters. The summed E-state index contributed by atoms with van der Waals surface area (Å²) in [4.78, 5) is 17.3. The van der Waals surface area contributed by atoms with Crippen LogP contribution >= 0.6 is 0 Å². The summed E-state index contributed by atoms with van der Waals surface area (Å²) in [6.07, 6.45) is 3.66. The first-order chi connectivity index (χ1) is 12.8. The van der Waals surface area contributed by atoms with Gasteiger partial charge < -0.3 is 5.32 Å². The van der Waals surface area contributed by atoms with Crippen molar-refractivity contribution in [3.05, 3.63) is 35.2 Å². The number of piperidine rings is 1. The Morgan fingerprint density at radius 1 is 1.33 bits per heavy atom. The summed E-state index contributed by atoms with van der Waals surface area (Å²) < 4.78 is 25.6. The van der Waals surface area contributed by atoms with Crippen molar-refractivity contribution in [2.75, 3.05) is 24.7 Å². The molecule has 0 bridgehead atoms. The first kappa shape index (κ1) is 19.5. The average molecular weight is 391 g/mol. The van der Waals surface area contributed by atoms with Gasteiger partial charge in [-0.05, 0) is 50.0 Å². The Bertz CT molecular complexity index is 946. The van der Waals surface area contributed by atoms with Crippen molar-refractivity contribution in [2.45, 2.75) is 37.0 Å². The largest absolute Gasteiger partial charge is 0.317 e. The highest BCUT2D eigenvalue weighted by molar-refractivity contribution is 7.90. The number of carbonyl (C=O) groups is 1. The third-order valence-corrected chi connectivity index (χ3v) is 6.00. The topological polar surface area (TPSA) is 106 Å². The number of hydrogen-bond donors (Lipinski definition) is 2. The number of rotatable bonds is 5. The quantitative estimate of drug-likeness (QED) is 0.800. The molecule has 2 N–H and O–H groups in total. The van der Waals surface area contributed by atoms with E-state index in [9.17, 15) is 13.2 Å². The Kier molecular flexibility index (Phi) is 5.61. The molecule has 0 aliphatic carbocycles. The molecule has 2 heterocycles. The Hall–Kier alpha value is -2.26. The van der Waals surface area contributed by atoms with Gasteiger partial charge in [-0.15, -0.1) is 0 Å². The van der Waals surface area contributed by atoms with E-state index in [2.05, 4.69) is 20.7 Å². The second kappa shape index (κ2) is 7.77. The number of aryl methyl sites for hydroxylation is 2. The number of anilines is 1. The number of hydrogen-bond acceptors (Lipinski definition) is 6. The monoisotopic (exact) mass is 391 g/mol. The van der Waals surface area contributed by atoms with E-state index in [1.54, 1.807) is 23.9 Å². The molecule has 0 radical (unpaired) electrons. The van der Waals surface area contributed by atoms with Crippen molar-refractivity contribution in [3.63, 3.8) is 0 Å². The third-order valence-electron chi connectivity index (χ3n) is 4.82. The zero-order valence-electron chi connectivity index (χ0n) is 15.8. The lowest BCUT2D eigenvalue weighted by atomic mass is 9.98. The lowest BCUT2D eigenvalue weighted by molar-refractivity contribution is 0.102. The van der Waals surface area contributed by atoms with Crippen LogP contribution in [0.15, 0.2) is 23.1 Å². The van der Waals surface area contributed by atoms with Gasteiger partial charge in [0.1, 0.15) is 0 Å². The minimum absolute atomic E-state index is 0.186. The highest BCUT2D eigenvalue weighted by atomic mass is 32.2. The first-order valence-corrected chi connectivity index (χ1v) is 10.9. The van der Waals surface area contributed by atoms with E-state index in [-0.39, 0.29) is 16.4 Å². The third kappa shape index (κ3) is 4.36. The van der Waals surface area contributed by atoms with Crippen LogP contribution in [0.25, 0.3) is 0 Å². The molecule has 1 fully saturated rings. The second-order valence-electron chi connectivity index (χ2n) is 6.84. The van der Waals surface area contributed by atoms with Gasteiger partial charge in [0.05, 0.1) is 4.90 Å². The van der Waals surface area contributed by atoms with Crippen molar-refractivity contribution in [2.24, 2.45) is 7.05 Å². The normalized spacial score (nSPS) is 15.7. The van der Waals surface area contributed by atoms with Crippen LogP contribution in [-0.4, -0.2) is 48.4 Å². The van der Waals surface area contributed by atoms with Gasteiger partial charge in [0.2, 0.25) is 5.95 Å². The Labute approximate surface area is 159 Å². The molecule has 9 heteroatoms. The van der Waals surface area contributed by atoms with E-state index in [4.69, 9.17) is 0 Å². The highest BCUT2D eigenvalue weighted by Crippen LogP contribution is 2.24. The van der Waals surface area contributed by atoms with Crippen LogP contribution in [0, 0.1) is 0 Å². The minimum atomic E-state index is -3.41. The van der Waals surface area contributed by atoms with E-state index in [1.165, 1.54) is 6.07 Å². The Morgan fingerprint density at radius 2 is 2.04 bits per heavy atom. The van der Waals surface area contributed by atoms with Crippen molar-refractivity contribution in [1.29, 1.82) is 0 Å². The Morgan fingerprint density at radius 3 is 2.67 bits per heavy atom. The highest BCUT2D eigenvalue weighted by Gasteiger charge is 2.22. The van der Waals surface area contributed by atoms with Crippen LogP contribution in [0.1, 0.15) is 47.4 Å². The molecule has 1 amide bonds. The average Bonchev–Trinajstić information content (AvgIpc) is 3.01. The summed E-state index contributed by atoms with van der Waals surface area (Å²) in [6, 6.07) is 4.74. The molecule has 1 aromatic heterocycles. The zero-order valence-corrected chi connectivity index (χ0v) is 16.6. The summed E-state index contributed by atoms with van der Waals surface area (Å²) >= 11 is 0. The lowest BCUT2D eigenvalue weighted by Gasteiger charge is -2.19. The number of benzene rings is 1. The smallest absolute Gasteiger partial charge is 0.258 e. The van der Waals surface area contributed by atoms with Crippen LogP contribution in [0.2, 0.25) is 0 Å². The van der Waals surface area contributed by atoms with Gasteiger partial charge in [-0.3, -0.25) is 10.1 Å². The summed E-state index contributed by atoms with van der Waals surface area (Å²) in [6.45, 7) is 3.75. The maximum atomic E-state index is 12.6. The molecule has 1 saturated heterocycles. The first-order valence-electron chi connectivity index (χ1n) is 9.05. The fourth-order valence-electron chi connectivity index (χ4n) is 3.27. The molecular formula is C18H25N5O3S. The SMILES string of the molecule is CCc1ccc(C(=O)Nc2nc(C3CCNCC3)nn2C)cc1S(C)(=O)=O. The Balaban J connectivity index is 1.82. The summed E-state index contributed by atoms with van der Waals surface area (Å²) in [5, 5.41) is 10.5. The number of sulfone groups is 1. The van der Waals surface area contributed by atoms with Crippen molar-refractivity contribution >= 4 is 21.7 Å². The van der Waals surface area contributed by atoms with Crippen LogP contribution < -0.4 is 10.6 Å². The maximum absolute atomic E-state index is 12.6. The van der Waals surface area contributed by atoms with Crippen molar-refractivity contribution in [3.8, 4) is 0 Å². The van der Waals surface area contributed by atoms with Crippen LogP contribution in [-0.2, 0) is 23.3 Å². The second-order valence-corrected chi connectivity index (χ2v) is 8.83. The summed E-state index contributed by atoms with van der Waals surface area (Å²) in [5.74, 6) is 0.958. The maximum Gasteiger partial charge on any atom is 0.258 e. The molecule has 2 aromatic rings. The van der Waals surface area contributed by atoms with E-state index in [1.807, 2.05) is 6.92 Å². The van der Waals surface area contributed by atoms with E-state index in [0.717, 1.165) is 38.0 Å². The lowest BCUT2D eigenvalue weighted by Crippen LogP contribution is -2.27. The molecule has 146 valence electrons. The van der Waals surface area contributed by atoms with Gasteiger partial charge in [-0.1, -0.05) is 13.0 Å². The molecule has 8 nitrogen and oxygen atoms in total. The van der Waals surface area contributed by atoms with Crippen molar-refractivity contribution in [1.82, 2.24) is 20.1 Å². The fraction of sp³-hybridized carbons (Fsp3) is 0.500. The summed E-state index contributed by atoms with van der Waals surface area (Å²) in [7, 11) is -1.68. The number of carbonyl (C=O) groups excluding carboxylic acids is 1. The zero-order chi connectivity index (χ0) is 19.6. The molecule has 0 spiro atoms. The van der Waals surface area contributed by atoms with Gasteiger partial charge in [0.25, 0.3) is 5.91 Å². The van der Waals surface area contributed by atoms with E-state index in [0.29, 0.717) is 17.9 Å². The predicted molar refractivity (Wildman–Crippen MR) is 103 cm³/mol. The molecule has 1 aliphatic rings. The minimum Gasteiger partial charge on any atom is -0.317 e. The number of nitrogens with one attached hydrogen (secondary N) is 2. The molecule has 1 aromatic carbocycles. The summed E-state index contributed by atoms with van der Waals surface area (Å²) in [5.41, 5.74) is 0.972. The van der Waals surface area contributed by atoms with Crippen molar-refractivity contribution < 1.29 is 13.2 Å². The van der Waals surface area contributed by atoms with E-state index < -0.39 is 15.7 Å². The van der Waals surface area contributed by atoms with Crippen LogP contribution in [0.5, 0.6) is 0 Å². The molecule has 0 atom stereocenters. The van der Waals surface area contributed by atoms with Gasteiger partial charge >= 0.3 is 0 Å². The van der Waals surface area contributed by atoms with Crippen LogP contribution in [0.4, 0.5) is 5.95 Å². The van der Waals surface area contributed by atoms with Gasteiger partial charge in [0, 0.05) is 24.8 Å². The molecule has 3 rings (SSSR count). The standard InChI is InChI=1S/C18H25N5O3S/c1-4-12-5-6-14(11-15(12)27(3,25)26)17(24)21-18-20-16(22-23(18)2)13-7-9-19-10-8-13/h5-6,11,13,19H,4,7-10H2,1-3H3,(H,20,21,22,24). The van der Waals surface area contributed by atoms with Gasteiger partial charge in [0.15, 0.2) is 15.7 Å². The van der Waals surface area contributed by atoms with E-state index >= 15 is 0 Å². The number of amides is 1. The fourth-order valence-corrected chi connectivity index (χ4v) is 4.30. The molecular weight excluding hydrogens is 366 g/mol. The number of nitrogens with zero attached hydrogens (tertiary/aromatic N) is 3. The molecule has 0 saturated carbocycles. The predicted octanol–water partition coefficient (Wildman–Crippen LogP) is 1.50. The molecule has 27 heavy (non-hydrogen) atoms. The molecule has 1 aliphatic heterocycles. The van der Waals surface area contributed by atoms with Gasteiger partial charge in [-0.25, -0.2) is 13.1 Å². The number of aromatic nitrogens is 3.